The van der Waals surface area contributed by atoms with Crippen molar-refractivity contribution in [1.29, 1.82) is 0 Å². The average molecular weight is 706 g/mol. The molecule has 0 saturated carbocycles. The monoisotopic (exact) mass is 705 g/mol. The number of phenols is 2. The van der Waals surface area contributed by atoms with Crippen LogP contribution in [-0.4, -0.2) is 65.9 Å². The molecule has 5 aromatic carbocycles. The van der Waals surface area contributed by atoms with Gasteiger partial charge in [0.15, 0.2) is 11.5 Å². The van der Waals surface area contributed by atoms with Crippen LogP contribution in [0.3, 0.4) is 0 Å². The highest BCUT2D eigenvalue weighted by Gasteiger charge is 2.15. The van der Waals surface area contributed by atoms with Gasteiger partial charge in [0.2, 0.25) is 0 Å². The van der Waals surface area contributed by atoms with Gasteiger partial charge in [-0.2, -0.15) is 0 Å². The fraction of sp³-hybridized carbons (Fsp3) is 0.214. The van der Waals surface area contributed by atoms with Crippen molar-refractivity contribution >= 4 is 18.2 Å². The molecule has 10 heteroatoms. The first-order chi connectivity index (χ1) is 25.4. The Balaban J connectivity index is 1.01. The van der Waals surface area contributed by atoms with Crippen molar-refractivity contribution < 1.29 is 43.8 Å². The molecular formula is C42H43NO9. The Morgan fingerprint density at radius 3 is 1.77 bits per heavy atom. The highest BCUT2D eigenvalue weighted by molar-refractivity contribution is 5.71. The van der Waals surface area contributed by atoms with Crippen LogP contribution in [0.15, 0.2) is 121 Å². The number of aromatic hydroxyl groups is 2. The minimum atomic E-state index is -1.05. The third-order valence-electron chi connectivity index (χ3n) is 7.77. The lowest BCUT2D eigenvalue weighted by molar-refractivity contribution is 0.0291. The predicted octanol–water partition coefficient (Wildman–Crippen LogP) is 8.02. The van der Waals surface area contributed by atoms with Gasteiger partial charge in [0.1, 0.15) is 37.1 Å². The van der Waals surface area contributed by atoms with E-state index in [4.69, 9.17) is 23.7 Å². The molecule has 0 aliphatic heterocycles. The van der Waals surface area contributed by atoms with Crippen LogP contribution < -0.4 is 14.2 Å². The minimum Gasteiger partial charge on any atom is -0.508 e. The molecule has 0 saturated heterocycles. The van der Waals surface area contributed by atoms with Gasteiger partial charge in [-0.25, -0.2) is 4.79 Å². The fourth-order valence-corrected chi connectivity index (χ4v) is 5.11. The number of nitrogens with zero attached hydrogens (tertiary/aromatic N) is 1. The molecule has 0 aliphatic carbocycles. The van der Waals surface area contributed by atoms with E-state index in [1.165, 1.54) is 11.0 Å². The van der Waals surface area contributed by atoms with Crippen LogP contribution in [0.2, 0.25) is 0 Å². The molecule has 1 amide bonds. The summed E-state index contributed by atoms with van der Waals surface area (Å²) in [7, 11) is 0. The molecular weight excluding hydrogens is 662 g/mol. The van der Waals surface area contributed by atoms with Crippen molar-refractivity contribution in [1.82, 2.24) is 4.90 Å². The second kappa shape index (κ2) is 20.0. The second-order valence-electron chi connectivity index (χ2n) is 11.8. The number of benzene rings is 5. The third kappa shape index (κ3) is 12.7. The van der Waals surface area contributed by atoms with Gasteiger partial charge >= 0.3 is 6.09 Å². The Morgan fingerprint density at radius 2 is 1.13 bits per heavy atom. The molecule has 52 heavy (non-hydrogen) atoms. The lowest BCUT2D eigenvalue weighted by Gasteiger charge is -2.20. The Bertz CT molecular complexity index is 1830. The molecule has 0 heterocycles. The van der Waals surface area contributed by atoms with E-state index in [2.05, 4.69) is 0 Å². The molecule has 270 valence electrons. The molecule has 3 N–H and O–H groups in total. The van der Waals surface area contributed by atoms with Gasteiger partial charge in [0, 0.05) is 19.2 Å². The van der Waals surface area contributed by atoms with Gasteiger partial charge in [0.25, 0.3) is 0 Å². The van der Waals surface area contributed by atoms with E-state index in [-0.39, 0.29) is 31.2 Å². The van der Waals surface area contributed by atoms with E-state index in [0.717, 1.165) is 22.3 Å². The second-order valence-corrected chi connectivity index (χ2v) is 11.8. The Hall–Kier alpha value is -5.97. The van der Waals surface area contributed by atoms with Crippen molar-refractivity contribution in [3.8, 4) is 28.7 Å². The number of amides is 1. The lowest BCUT2D eigenvalue weighted by atomic mass is 10.1. The number of carboxylic acid groups (broad SMARTS) is 1. The maximum absolute atomic E-state index is 12.1. The first-order valence-corrected chi connectivity index (χ1v) is 16.9. The predicted molar refractivity (Wildman–Crippen MR) is 199 cm³/mol. The van der Waals surface area contributed by atoms with Gasteiger partial charge in [-0.15, -0.1) is 0 Å². The van der Waals surface area contributed by atoms with Gasteiger partial charge in [-0.3, -0.25) is 0 Å². The highest BCUT2D eigenvalue weighted by atomic mass is 16.5. The molecule has 0 aromatic heterocycles. The summed E-state index contributed by atoms with van der Waals surface area (Å²) in [5.74, 6) is 1.82. The zero-order valence-electron chi connectivity index (χ0n) is 28.8. The van der Waals surface area contributed by atoms with Crippen LogP contribution in [0.5, 0.6) is 28.7 Å². The first kappa shape index (κ1) is 37.3. The van der Waals surface area contributed by atoms with Crippen molar-refractivity contribution in [2.24, 2.45) is 0 Å². The largest absolute Gasteiger partial charge is 0.508 e. The molecule has 0 atom stereocenters. The zero-order valence-corrected chi connectivity index (χ0v) is 28.8. The minimum absolute atomic E-state index is 0.00147. The number of ether oxygens (including phenoxy) is 5. The van der Waals surface area contributed by atoms with Crippen LogP contribution in [0.1, 0.15) is 27.8 Å². The van der Waals surface area contributed by atoms with E-state index in [1.807, 2.05) is 109 Å². The number of phenolic OH excluding ortho intramolecular Hbond substituents is 2. The first-order valence-electron chi connectivity index (χ1n) is 16.9. The maximum Gasteiger partial charge on any atom is 0.407 e. The Morgan fingerprint density at radius 1 is 0.558 bits per heavy atom. The summed E-state index contributed by atoms with van der Waals surface area (Å²) in [6, 6.07) is 37.1. The number of hydrogen-bond donors (Lipinski definition) is 3. The summed E-state index contributed by atoms with van der Waals surface area (Å²) in [4.78, 5) is 13.4. The zero-order chi connectivity index (χ0) is 36.4. The summed E-state index contributed by atoms with van der Waals surface area (Å²) in [5, 5.41) is 29.1. The van der Waals surface area contributed by atoms with Gasteiger partial charge in [-0.05, 0) is 64.2 Å². The molecule has 0 fully saturated rings. The standard InChI is InChI=1S/C42H43NO9/c44-37-25-35(26-38(45)28-37)12-11-32-13-16-39(17-14-32)50-24-23-49-22-21-48-20-19-43(42(46)47)29-36-15-18-40(51-30-33-7-3-1-4-8-33)41(27-36)52-31-34-9-5-2-6-10-34/h1-18,25-28,44-45H,19-24,29-31H2,(H,46,47). The fourth-order valence-electron chi connectivity index (χ4n) is 5.11. The van der Waals surface area contributed by atoms with Crippen LogP contribution in [0.4, 0.5) is 4.79 Å². The summed E-state index contributed by atoms with van der Waals surface area (Å²) in [5.41, 5.74) is 4.42. The molecule has 5 rings (SSSR count). The van der Waals surface area contributed by atoms with Crippen molar-refractivity contribution in [2.45, 2.75) is 19.8 Å². The van der Waals surface area contributed by atoms with Crippen molar-refractivity contribution in [3.05, 3.63) is 149 Å². The van der Waals surface area contributed by atoms with Gasteiger partial charge in [-0.1, -0.05) is 91.0 Å². The lowest BCUT2D eigenvalue weighted by Crippen LogP contribution is -2.32. The average Bonchev–Trinajstić information content (AvgIpc) is 3.15. The van der Waals surface area contributed by atoms with E-state index in [1.54, 1.807) is 18.2 Å². The number of carbonyl (C=O) groups is 1. The maximum atomic E-state index is 12.1. The summed E-state index contributed by atoms with van der Waals surface area (Å²) < 4.78 is 29.2. The van der Waals surface area contributed by atoms with Crippen LogP contribution >= 0.6 is 0 Å². The summed E-state index contributed by atoms with van der Waals surface area (Å²) >= 11 is 0. The van der Waals surface area contributed by atoms with Gasteiger partial charge < -0.3 is 43.9 Å². The molecule has 0 radical (unpaired) electrons. The third-order valence-corrected chi connectivity index (χ3v) is 7.77. The van der Waals surface area contributed by atoms with E-state index >= 15 is 0 Å². The Kier molecular flexibility index (Phi) is 14.4. The number of hydrogen-bond acceptors (Lipinski definition) is 8. The van der Waals surface area contributed by atoms with E-state index in [0.29, 0.717) is 62.5 Å². The number of rotatable bonds is 20. The molecule has 0 aliphatic rings. The summed E-state index contributed by atoms with van der Waals surface area (Å²) in [6.07, 6.45) is 2.62. The topological polar surface area (TPSA) is 127 Å². The van der Waals surface area contributed by atoms with Crippen LogP contribution in [0.25, 0.3) is 12.2 Å². The molecule has 5 aromatic rings. The molecule has 0 unspecified atom stereocenters. The molecule has 10 nitrogen and oxygen atoms in total. The SMILES string of the molecule is O=C(O)N(CCOCCOCCOc1ccc(C=Cc2cc(O)cc(O)c2)cc1)Cc1ccc(OCc2ccccc2)c(OCc2ccccc2)c1. The van der Waals surface area contributed by atoms with Crippen LogP contribution in [-0.2, 0) is 29.2 Å². The molecule has 0 bridgehead atoms. The van der Waals surface area contributed by atoms with Crippen molar-refractivity contribution in [3.63, 3.8) is 0 Å². The van der Waals surface area contributed by atoms with E-state index < -0.39 is 6.09 Å². The van der Waals surface area contributed by atoms with Gasteiger partial charge in [0.05, 0.1) is 26.4 Å². The van der Waals surface area contributed by atoms with Crippen LogP contribution in [0, 0.1) is 0 Å². The summed E-state index contributed by atoms with van der Waals surface area (Å²) in [6.45, 7) is 2.67. The van der Waals surface area contributed by atoms with Crippen molar-refractivity contribution in [2.75, 3.05) is 39.6 Å². The van der Waals surface area contributed by atoms with E-state index in [9.17, 15) is 20.1 Å². The normalized spacial score (nSPS) is 11.0. The molecule has 0 spiro atoms. The Labute approximate surface area is 303 Å². The quantitative estimate of drug-likeness (QED) is 0.0545. The highest BCUT2D eigenvalue weighted by Crippen LogP contribution is 2.31. The smallest absolute Gasteiger partial charge is 0.407 e.